The Labute approximate surface area is 103 Å². The number of ether oxygens (including phenoxy) is 1. The molecule has 0 atom stereocenters. The maximum absolute atomic E-state index is 12.9. The summed E-state index contributed by atoms with van der Waals surface area (Å²) in [5.41, 5.74) is 0.720. The summed E-state index contributed by atoms with van der Waals surface area (Å²) in [6, 6.07) is 6.97. The molecule has 2 rings (SSSR count). The molecule has 0 bridgehead atoms. The van der Waals surface area contributed by atoms with E-state index < -0.39 is 5.97 Å². The van der Waals surface area contributed by atoms with Crippen molar-refractivity contribution in [2.75, 3.05) is 0 Å². The number of benzene rings is 1. The van der Waals surface area contributed by atoms with Gasteiger partial charge in [-0.05, 0) is 36.8 Å². The van der Waals surface area contributed by atoms with Gasteiger partial charge in [-0.2, -0.15) is 0 Å². The van der Waals surface area contributed by atoms with Crippen LogP contribution in [0.2, 0.25) is 0 Å². The predicted octanol–water partition coefficient (Wildman–Crippen LogP) is 3.02. The predicted molar refractivity (Wildman–Crippen MR) is 62.4 cm³/mol. The molecule has 0 spiro atoms. The Morgan fingerprint density at radius 2 is 2.11 bits per heavy atom. The van der Waals surface area contributed by atoms with Gasteiger partial charge in [0.1, 0.15) is 11.6 Å². The van der Waals surface area contributed by atoms with E-state index in [1.165, 1.54) is 36.5 Å². The molecular formula is C13H10FNO3. The number of hydrogen-bond acceptors (Lipinski definition) is 3. The van der Waals surface area contributed by atoms with Crippen molar-refractivity contribution >= 4 is 5.97 Å². The van der Waals surface area contributed by atoms with Gasteiger partial charge in [0.2, 0.25) is 5.88 Å². The second kappa shape index (κ2) is 4.83. The van der Waals surface area contributed by atoms with Crippen LogP contribution in [-0.2, 0) is 0 Å². The zero-order valence-corrected chi connectivity index (χ0v) is 9.55. The summed E-state index contributed by atoms with van der Waals surface area (Å²) in [6.45, 7) is 1.71. The van der Waals surface area contributed by atoms with Gasteiger partial charge < -0.3 is 9.84 Å². The van der Waals surface area contributed by atoms with Gasteiger partial charge in [-0.15, -0.1) is 0 Å². The second-order valence-electron chi connectivity index (χ2n) is 3.70. The highest BCUT2D eigenvalue weighted by Gasteiger charge is 2.06. The number of nitrogens with zero attached hydrogens (tertiary/aromatic N) is 1. The zero-order valence-electron chi connectivity index (χ0n) is 9.55. The first-order valence-electron chi connectivity index (χ1n) is 5.19. The first kappa shape index (κ1) is 12.0. The topological polar surface area (TPSA) is 59.4 Å². The molecule has 0 aliphatic heterocycles. The molecule has 0 amide bonds. The first-order chi connectivity index (χ1) is 8.56. The maximum atomic E-state index is 12.9. The molecule has 1 heterocycles. The monoisotopic (exact) mass is 247 g/mol. The zero-order chi connectivity index (χ0) is 13.1. The van der Waals surface area contributed by atoms with Crippen molar-refractivity contribution in [1.82, 2.24) is 4.98 Å². The highest BCUT2D eigenvalue weighted by Crippen LogP contribution is 2.24. The van der Waals surface area contributed by atoms with Crippen molar-refractivity contribution in [3.05, 3.63) is 53.5 Å². The summed E-state index contributed by atoms with van der Waals surface area (Å²) in [6.07, 6.45) is 1.20. The number of aromatic nitrogens is 1. The van der Waals surface area contributed by atoms with Crippen molar-refractivity contribution in [2.45, 2.75) is 6.92 Å². The number of halogens is 1. The van der Waals surface area contributed by atoms with E-state index in [4.69, 9.17) is 9.84 Å². The maximum Gasteiger partial charge on any atom is 0.337 e. The third-order valence-corrected chi connectivity index (χ3v) is 2.33. The van der Waals surface area contributed by atoms with E-state index in [1.54, 1.807) is 6.92 Å². The second-order valence-corrected chi connectivity index (χ2v) is 3.70. The van der Waals surface area contributed by atoms with Gasteiger partial charge >= 0.3 is 5.97 Å². The minimum absolute atomic E-state index is 0.0816. The van der Waals surface area contributed by atoms with E-state index >= 15 is 0 Å². The molecular weight excluding hydrogens is 237 g/mol. The number of pyridine rings is 1. The van der Waals surface area contributed by atoms with E-state index in [1.807, 2.05) is 0 Å². The smallest absolute Gasteiger partial charge is 0.337 e. The Bertz CT molecular complexity index is 581. The Morgan fingerprint density at radius 1 is 1.33 bits per heavy atom. The molecule has 1 aromatic heterocycles. The molecule has 0 aliphatic rings. The van der Waals surface area contributed by atoms with E-state index in [9.17, 15) is 9.18 Å². The molecule has 0 unspecified atom stereocenters. The van der Waals surface area contributed by atoms with Gasteiger partial charge in [-0.3, -0.25) is 0 Å². The highest BCUT2D eigenvalue weighted by atomic mass is 19.1. The third-order valence-electron chi connectivity index (χ3n) is 2.33. The van der Waals surface area contributed by atoms with Gasteiger partial charge in [0.25, 0.3) is 0 Å². The molecule has 18 heavy (non-hydrogen) atoms. The highest BCUT2D eigenvalue weighted by molar-refractivity contribution is 5.87. The molecule has 4 nitrogen and oxygen atoms in total. The van der Waals surface area contributed by atoms with Gasteiger partial charge in [-0.1, -0.05) is 0 Å². The lowest BCUT2D eigenvalue weighted by molar-refractivity contribution is 0.0696. The average molecular weight is 247 g/mol. The van der Waals surface area contributed by atoms with Gasteiger partial charge in [0, 0.05) is 12.3 Å². The molecule has 92 valence electrons. The summed E-state index contributed by atoms with van der Waals surface area (Å²) in [4.78, 5) is 14.5. The van der Waals surface area contributed by atoms with Crippen LogP contribution >= 0.6 is 0 Å². The van der Waals surface area contributed by atoms with Crippen LogP contribution in [0.1, 0.15) is 15.9 Å². The van der Waals surface area contributed by atoms with Crippen LogP contribution in [0.5, 0.6) is 11.6 Å². The van der Waals surface area contributed by atoms with E-state index in [-0.39, 0.29) is 17.3 Å². The van der Waals surface area contributed by atoms with Crippen LogP contribution in [0, 0.1) is 12.7 Å². The molecule has 0 saturated heterocycles. The summed E-state index contributed by atoms with van der Waals surface area (Å²) >= 11 is 0. The summed E-state index contributed by atoms with van der Waals surface area (Å²) in [7, 11) is 0. The van der Waals surface area contributed by atoms with Gasteiger partial charge in [0.15, 0.2) is 0 Å². The van der Waals surface area contributed by atoms with Crippen molar-refractivity contribution in [1.29, 1.82) is 0 Å². The number of aryl methyl sites for hydroxylation is 1. The van der Waals surface area contributed by atoms with Crippen molar-refractivity contribution < 1.29 is 19.0 Å². The van der Waals surface area contributed by atoms with Crippen LogP contribution in [0.15, 0.2) is 36.5 Å². The van der Waals surface area contributed by atoms with Crippen LogP contribution in [0.3, 0.4) is 0 Å². The SMILES string of the molecule is Cc1cc(F)ccc1Oc1ccc(C(=O)O)cn1. The Kier molecular flexibility index (Phi) is 3.23. The number of rotatable bonds is 3. The lowest BCUT2D eigenvalue weighted by Crippen LogP contribution is -1.97. The van der Waals surface area contributed by atoms with Crippen molar-refractivity contribution in [3.8, 4) is 11.6 Å². The fourth-order valence-corrected chi connectivity index (χ4v) is 1.41. The summed E-state index contributed by atoms with van der Waals surface area (Å²) in [5, 5.41) is 8.72. The lowest BCUT2D eigenvalue weighted by Gasteiger charge is -2.07. The Balaban J connectivity index is 2.21. The lowest BCUT2D eigenvalue weighted by atomic mass is 10.2. The van der Waals surface area contributed by atoms with Crippen LogP contribution < -0.4 is 4.74 Å². The van der Waals surface area contributed by atoms with Gasteiger partial charge in [-0.25, -0.2) is 14.2 Å². The molecule has 0 fully saturated rings. The molecule has 1 N–H and O–H groups in total. The van der Waals surface area contributed by atoms with Crippen LogP contribution in [0.25, 0.3) is 0 Å². The molecule has 0 saturated carbocycles. The number of aromatic carboxylic acids is 1. The van der Waals surface area contributed by atoms with Crippen molar-refractivity contribution in [3.63, 3.8) is 0 Å². The van der Waals surface area contributed by atoms with E-state index in [0.29, 0.717) is 11.3 Å². The largest absolute Gasteiger partial charge is 0.478 e. The Hall–Kier alpha value is -2.43. The Morgan fingerprint density at radius 3 is 2.67 bits per heavy atom. The fourth-order valence-electron chi connectivity index (χ4n) is 1.41. The van der Waals surface area contributed by atoms with Crippen LogP contribution in [-0.4, -0.2) is 16.1 Å². The third kappa shape index (κ3) is 2.63. The minimum atomic E-state index is -1.05. The number of carboxylic acid groups (broad SMARTS) is 1. The first-order valence-corrected chi connectivity index (χ1v) is 5.19. The average Bonchev–Trinajstić information content (AvgIpc) is 2.33. The molecule has 2 aromatic rings. The quantitative estimate of drug-likeness (QED) is 0.905. The molecule has 0 radical (unpaired) electrons. The minimum Gasteiger partial charge on any atom is -0.478 e. The van der Waals surface area contributed by atoms with Crippen molar-refractivity contribution in [2.24, 2.45) is 0 Å². The molecule has 5 heteroatoms. The molecule has 0 aliphatic carbocycles. The standard InChI is InChI=1S/C13H10FNO3/c1-8-6-10(14)3-4-11(8)18-12-5-2-9(7-15-12)13(16)17/h2-7H,1H3,(H,16,17). The van der Waals surface area contributed by atoms with E-state index in [2.05, 4.69) is 4.98 Å². The molecule has 1 aromatic carbocycles. The summed E-state index contributed by atoms with van der Waals surface area (Å²) < 4.78 is 18.3. The number of carboxylic acids is 1. The van der Waals surface area contributed by atoms with Crippen LogP contribution in [0.4, 0.5) is 4.39 Å². The fraction of sp³-hybridized carbons (Fsp3) is 0.0769. The van der Waals surface area contributed by atoms with Gasteiger partial charge in [0.05, 0.1) is 5.56 Å². The summed E-state index contributed by atoms with van der Waals surface area (Å²) in [5.74, 6) is -0.650. The number of carbonyl (C=O) groups is 1. The normalized spacial score (nSPS) is 10.1. The number of hydrogen-bond donors (Lipinski definition) is 1. The van der Waals surface area contributed by atoms with E-state index in [0.717, 1.165) is 0 Å².